The molecular weight excluding hydrogens is 424 g/mol. The van der Waals surface area contributed by atoms with Gasteiger partial charge in [-0.2, -0.15) is 0 Å². The van der Waals surface area contributed by atoms with Gasteiger partial charge in [-0.1, -0.05) is 42.5 Å². The number of hydrogen-bond donors (Lipinski definition) is 2. The van der Waals surface area contributed by atoms with Crippen LogP contribution in [0, 0.1) is 11.6 Å². The maximum atomic E-state index is 13.9. The number of phenolic OH excluding ortho intramolecular Hbond substituents is 1. The van der Waals surface area contributed by atoms with Crippen LogP contribution < -0.4 is 5.32 Å². The molecule has 7 heteroatoms. The lowest BCUT2D eigenvalue weighted by molar-refractivity contribution is -0.127. The van der Waals surface area contributed by atoms with E-state index in [1.165, 1.54) is 6.07 Å². The highest BCUT2D eigenvalue weighted by molar-refractivity contribution is 6.06. The zero-order valence-corrected chi connectivity index (χ0v) is 17.6. The standard InChI is InChI=1S/C26H21F2N3O2/c27-20-11-8-18(14-21(20)28)24-15-31-25(22(29-24)12-16-4-2-1-3-5-16)30-23(26(31)33)13-17-6-9-19(32)10-7-17/h1-11,14,23,30,32H,12-13,15H2. The second-order valence-corrected chi connectivity index (χ2v) is 8.14. The Morgan fingerprint density at radius 3 is 2.45 bits per heavy atom. The van der Waals surface area contributed by atoms with Gasteiger partial charge >= 0.3 is 0 Å². The Balaban J connectivity index is 1.49. The summed E-state index contributed by atoms with van der Waals surface area (Å²) in [6.45, 7) is 0.163. The van der Waals surface area contributed by atoms with Crippen molar-refractivity contribution in [1.29, 1.82) is 0 Å². The first-order valence-corrected chi connectivity index (χ1v) is 10.6. The first kappa shape index (κ1) is 20.9. The lowest BCUT2D eigenvalue weighted by Gasteiger charge is -2.25. The van der Waals surface area contributed by atoms with Gasteiger partial charge < -0.3 is 10.4 Å². The predicted molar refractivity (Wildman–Crippen MR) is 121 cm³/mol. The molecule has 0 bridgehead atoms. The zero-order valence-electron chi connectivity index (χ0n) is 17.6. The Labute approximate surface area is 189 Å². The quantitative estimate of drug-likeness (QED) is 0.626. The molecule has 5 nitrogen and oxygen atoms in total. The summed E-state index contributed by atoms with van der Waals surface area (Å²) in [5.41, 5.74) is 3.53. The smallest absolute Gasteiger partial charge is 0.251 e. The van der Waals surface area contributed by atoms with Crippen LogP contribution in [0.5, 0.6) is 5.75 Å². The Morgan fingerprint density at radius 1 is 0.970 bits per heavy atom. The summed E-state index contributed by atoms with van der Waals surface area (Å²) < 4.78 is 27.4. The number of aromatic hydroxyl groups is 1. The van der Waals surface area contributed by atoms with E-state index in [4.69, 9.17) is 4.99 Å². The third-order valence-electron chi connectivity index (χ3n) is 5.84. The third kappa shape index (κ3) is 4.22. The summed E-state index contributed by atoms with van der Waals surface area (Å²) >= 11 is 0. The Hall–Kier alpha value is -4.00. The molecule has 0 spiro atoms. The number of hydrogen-bond acceptors (Lipinski definition) is 4. The van der Waals surface area contributed by atoms with Crippen LogP contribution in [0.1, 0.15) is 16.7 Å². The van der Waals surface area contributed by atoms with E-state index in [0.717, 1.165) is 23.3 Å². The zero-order chi connectivity index (χ0) is 22.9. The largest absolute Gasteiger partial charge is 0.508 e. The summed E-state index contributed by atoms with van der Waals surface area (Å²) in [4.78, 5) is 19.7. The summed E-state index contributed by atoms with van der Waals surface area (Å²) in [6.07, 6.45) is 0.921. The average Bonchev–Trinajstić information content (AvgIpc) is 3.13. The molecule has 1 saturated heterocycles. The first-order valence-electron chi connectivity index (χ1n) is 10.6. The molecule has 2 aliphatic rings. The van der Waals surface area contributed by atoms with Gasteiger partial charge in [-0.25, -0.2) is 8.78 Å². The molecule has 0 aliphatic carbocycles. The molecule has 1 atom stereocenters. The van der Waals surface area contributed by atoms with E-state index in [1.807, 2.05) is 30.3 Å². The highest BCUT2D eigenvalue weighted by Gasteiger charge is 2.39. The number of phenols is 1. The number of benzene rings is 3. The molecule has 3 aromatic rings. The number of fused-ring (bicyclic) bond motifs is 1. The minimum atomic E-state index is -0.953. The number of carbonyl (C=O) groups is 1. The van der Waals surface area contributed by atoms with Gasteiger partial charge in [0, 0.05) is 18.4 Å². The first-order chi connectivity index (χ1) is 16.0. The van der Waals surface area contributed by atoms with Crippen molar-refractivity contribution >= 4 is 11.6 Å². The number of halogens is 2. The molecule has 0 saturated carbocycles. The Bertz CT molecular complexity index is 1270. The molecule has 2 N–H and O–H groups in total. The van der Waals surface area contributed by atoms with Gasteiger partial charge in [0.25, 0.3) is 5.91 Å². The molecule has 1 fully saturated rings. The van der Waals surface area contributed by atoms with Crippen LogP contribution in [0.2, 0.25) is 0 Å². The van der Waals surface area contributed by atoms with E-state index in [-0.39, 0.29) is 18.2 Å². The minimum absolute atomic E-state index is 0.112. The molecule has 2 aliphatic heterocycles. The predicted octanol–water partition coefficient (Wildman–Crippen LogP) is 3.93. The van der Waals surface area contributed by atoms with Crippen LogP contribution >= 0.6 is 0 Å². The fourth-order valence-electron chi connectivity index (χ4n) is 4.15. The highest BCUT2D eigenvalue weighted by atomic mass is 19.2. The topological polar surface area (TPSA) is 64.9 Å². The van der Waals surface area contributed by atoms with E-state index in [1.54, 1.807) is 29.2 Å². The fraction of sp³-hybridized carbons (Fsp3) is 0.154. The number of nitrogens with one attached hydrogen (secondary N) is 1. The Morgan fingerprint density at radius 2 is 1.73 bits per heavy atom. The van der Waals surface area contributed by atoms with E-state index < -0.39 is 17.7 Å². The van der Waals surface area contributed by atoms with Crippen LogP contribution in [0.3, 0.4) is 0 Å². The van der Waals surface area contributed by atoms with Crippen molar-refractivity contribution in [2.75, 3.05) is 6.54 Å². The second-order valence-electron chi connectivity index (χ2n) is 8.14. The summed E-state index contributed by atoms with van der Waals surface area (Å²) in [5, 5.41) is 12.8. The minimum Gasteiger partial charge on any atom is -0.508 e. The summed E-state index contributed by atoms with van der Waals surface area (Å²) in [5.74, 6) is -1.19. The van der Waals surface area contributed by atoms with Crippen molar-refractivity contribution in [2.24, 2.45) is 4.99 Å². The molecule has 1 amide bonds. The van der Waals surface area contributed by atoms with E-state index in [2.05, 4.69) is 5.32 Å². The molecule has 0 aromatic heterocycles. The maximum Gasteiger partial charge on any atom is 0.251 e. The number of aliphatic imine (C=N–C) groups is 1. The molecule has 166 valence electrons. The van der Waals surface area contributed by atoms with Crippen molar-refractivity contribution in [3.8, 4) is 5.75 Å². The molecule has 1 unspecified atom stereocenters. The van der Waals surface area contributed by atoms with Crippen molar-refractivity contribution in [3.05, 3.63) is 113 Å². The van der Waals surface area contributed by atoms with Crippen LogP contribution in [-0.2, 0) is 17.6 Å². The van der Waals surface area contributed by atoms with Crippen molar-refractivity contribution < 1.29 is 18.7 Å². The number of nitrogens with zero attached hydrogens (tertiary/aromatic N) is 2. The number of amides is 1. The van der Waals surface area contributed by atoms with Crippen LogP contribution in [0.15, 0.2) is 89.3 Å². The molecule has 2 heterocycles. The van der Waals surface area contributed by atoms with Gasteiger partial charge in [0.2, 0.25) is 0 Å². The monoisotopic (exact) mass is 445 g/mol. The molecule has 33 heavy (non-hydrogen) atoms. The lowest BCUT2D eigenvalue weighted by atomic mass is 10.0. The van der Waals surface area contributed by atoms with Crippen molar-refractivity contribution in [1.82, 2.24) is 10.2 Å². The van der Waals surface area contributed by atoms with Gasteiger partial charge in [0.15, 0.2) is 11.6 Å². The van der Waals surface area contributed by atoms with Crippen LogP contribution in [0.4, 0.5) is 8.78 Å². The molecule has 0 radical (unpaired) electrons. The van der Waals surface area contributed by atoms with Gasteiger partial charge in [-0.3, -0.25) is 14.7 Å². The van der Waals surface area contributed by atoms with Gasteiger partial charge in [-0.05, 0) is 41.5 Å². The SMILES string of the molecule is O=C1C(Cc2ccc(O)cc2)NC2=C(Cc3ccccc3)N=C(c3ccc(F)c(F)c3)CN12. The second kappa shape index (κ2) is 8.50. The number of rotatable bonds is 5. The summed E-state index contributed by atoms with van der Waals surface area (Å²) in [7, 11) is 0. The molecule has 3 aromatic carbocycles. The molecule has 5 rings (SSSR count). The molecular formula is C26H21F2N3O2. The number of carbonyl (C=O) groups excluding carboxylic acids is 1. The lowest BCUT2D eigenvalue weighted by Crippen LogP contribution is -2.36. The van der Waals surface area contributed by atoms with Crippen molar-refractivity contribution in [2.45, 2.75) is 18.9 Å². The fourth-order valence-corrected chi connectivity index (χ4v) is 4.15. The normalized spacial score (nSPS) is 17.6. The highest BCUT2D eigenvalue weighted by Crippen LogP contribution is 2.28. The van der Waals surface area contributed by atoms with Crippen LogP contribution in [0.25, 0.3) is 0 Å². The van der Waals surface area contributed by atoms with E-state index in [9.17, 15) is 18.7 Å². The van der Waals surface area contributed by atoms with E-state index >= 15 is 0 Å². The van der Waals surface area contributed by atoms with Crippen molar-refractivity contribution in [3.63, 3.8) is 0 Å². The van der Waals surface area contributed by atoms with Gasteiger partial charge in [0.1, 0.15) is 17.6 Å². The number of allylic oxidation sites excluding steroid dienone is 1. The van der Waals surface area contributed by atoms with Gasteiger partial charge in [-0.15, -0.1) is 0 Å². The third-order valence-corrected chi connectivity index (χ3v) is 5.84. The summed E-state index contributed by atoms with van der Waals surface area (Å²) in [6, 6.07) is 19.7. The van der Waals surface area contributed by atoms with Gasteiger partial charge in [0.05, 0.1) is 18.0 Å². The Kier molecular flexibility index (Phi) is 5.38. The maximum absolute atomic E-state index is 13.9. The van der Waals surface area contributed by atoms with Crippen LogP contribution in [-0.4, -0.2) is 34.2 Å². The van der Waals surface area contributed by atoms with E-state index in [0.29, 0.717) is 35.6 Å². The average molecular weight is 445 g/mol.